The Labute approximate surface area is 227 Å². The van der Waals surface area contributed by atoms with Gasteiger partial charge in [0.25, 0.3) is 11.8 Å². The highest BCUT2D eigenvalue weighted by atomic mass is 32.1. The van der Waals surface area contributed by atoms with Gasteiger partial charge in [-0.3, -0.25) is 9.59 Å². The third-order valence-electron chi connectivity index (χ3n) is 6.79. The molecule has 2 amide bonds. The van der Waals surface area contributed by atoms with Crippen LogP contribution in [0.4, 0.5) is 0 Å². The fourth-order valence-corrected chi connectivity index (χ4v) is 5.40. The van der Waals surface area contributed by atoms with Crippen LogP contribution in [0.25, 0.3) is 0 Å². The largest absolute Gasteiger partial charge is 0.507 e. The van der Waals surface area contributed by atoms with E-state index in [1.807, 2.05) is 37.3 Å². The molecule has 38 heavy (non-hydrogen) atoms. The summed E-state index contributed by atoms with van der Waals surface area (Å²) in [4.78, 5) is 34.0. The van der Waals surface area contributed by atoms with Crippen molar-refractivity contribution in [1.29, 1.82) is 0 Å². The average molecular weight is 538 g/mol. The number of hydrogen-bond acceptors (Lipinski definition) is 7. The number of thiophene rings is 1. The van der Waals surface area contributed by atoms with Gasteiger partial charge in [0.2, 0.25) is 0 Å². The van der Waals surface area contributed by atoms with Gasteiger partial charge in [-0.1, -0.05) is 13.0 Å². The number of hydrogen-bond donors (Lipinski definition) is 2. The SMILES string of the molecule is CCN(C)CCCOc1ccc2c(c1)CN(C(=O)c1cc(C(=O)N(C)Cc3ccc(C)s3)c(O)cc1O)C2. The molecule has 0 aliphatic carbocycles. The number of carbonyl (C=O) groups is 2. The van der Waals surface area contributed by atoms with Gasteiger partial charge < -0.3 is 29.6 Å². The Morgan fingerprint density at radius 2 is 1.74 bits per heavy atom. The number of carbonyl (C=O) groups excluding carboxylic acids is 2. The van der Waals surface area contributed by atoms with Gasteiger partial charge in [0.05, 0.1) is 24.3 Å². The predicted octanol–water partition coefficient (Wildman–Crippen LogP) is 4.62. The van der Waals surface area contributed by atoms with Crippen molar-refractivity contribution in [2.45, 2.75) is 39.9 Å². The number of nitrogens with zero attached hydrogens (tertiary/aromatic N) is 3. The van der Waals surface area contributed by atoms with Crippen molar-refractivity contribution in [2.75, 3.05) is 33.8 Å². The number of rotatable bonds is 10. The topological polar surface area (TPSA) is 93.6 Å². The predicted molar refractivity (Wildman–Crippen MR) is 148 cm³/mol. The Kier molecular flexibility index (Phi) is 8.58. The van der Waals surface area contributed by atoms with Gasteiger partial charge in [0.15, 0.2) is 0 Å². The summed E-state index contributed by atoms with van der Waals surface area (Å²) < 4.78 is 5.91. The number of aryl methyl sites for hydroxylation is 1. The zero-order chi connectivity index (χ0) is 27.4. The van der Waals surface area contributed by atoms with Crippen molar-refractivity contribution in [1.82, 2.24) is 14.7 Å². The zero-order valence-electron chi connectivity index (χ0n) is 22.4. The molecule has 1 aliphatic rings. The molecule has 0 spiro atoms. The van der Waals surface area contributed by atoms with E-state index in [1.54, 1.807) is 23.3 Å². The molecule has 2 N–H and O–H groups in total. The highest BCUT2D eigenvalue weighted by molar-refractivity contribution is 7.11. The lowest BCUT2D eigenvalue weighted by Crippen LogP contribution is -2.28. The number of phenols is 2. The summed E-state index contributed by atoms with van der Waals surface area (Å²) >= 11 is 1.59. The zero-order valence-corrected chi connectivity index (χ0v) is 23.2. The minimum absolute atomic E-state index is 0.0177. The molecule has 1 aromatic heterocycles. The molecule has 0 saturated heterocycles. The minimum Gasteiger partial charge on any atom is -0.507 e. The average Bonchev–Trinajstić information content (AvgIpc) is 3.51. The number of amides is 2. The molecular formula is C29H35N3O5S. The molecule has 0 fully saturated rings. The van der Waals surface area contributed by atoms with Crippen LogP contribution in [0.1, 0.15) is 54.9 Å². The fourth-order valence-electron chi connectivity index (χ4n) is 4.46. The summed E-state index contributed by atoms with van der Waals surface area (Å²) in [7, 11) is 3.72. The van der Waals surface area contributed by atoms with Crippen molar-refractivity contribution in [3.63, 3.8) is 0 Å². The molecule has 0 radical (unpaired) electrons. The van der Waals surface area contributed by atoms with E-state index >= 15 is 0 Å². The summed E-state index contributed by atoms with van der Waals surface area (Å²) in [5, 5.41) is 20.9. The van der Waals surface area contributed by atoms with Gasteiger partial charge in [-0.05, 0) is 68.4 Å². The van der Waals surface area contributed by atoms with Crippen molar-refractivity contribution < 1.29 is 24.5 Å². The molecule has 2 heterocycles. The number of aromatic hydroxyl groups is 2. The molecule has 1 aliphatic heterocycles. The first-order valence-corrected chi connectivity index (χ1v) is 13.6. The summed E-state index contributed by atoms with van der Waals surface area (Å²) in [6.45, 7) is 7.83. The Balaban J connectivity index is 1.44. The molecule has 0 saturated carbocycles. The van der Waals surface area contributed by atoms with Crippen molar-refractivity contribution in [3.8, 4) is 17.2 Å². The third-order valence-corrected chi connectivity index (χ3v) is 7.78. The summed E-state index contributed by atoms with van der Waals surface area (Å²) in [5.41, 5.74) is 1.96. The Morgan fingerprint density at radius 1 is 1.00 bits per heavy atom. The maximum Gasteiger partial charge on any atom is 0.258 e. The summed E-state index contributed by atoms with van der Waals surface area (Å²) in [6.07, 6.45) is 0.926. The number of ether oxygens (including phenoxy) is 1. The molecule has 2 aromatic carbocycles. The molecule has 0 atom stereocenters. The molecule has 4 rings (SSSR count). The quantitative estimate of drug-likeness (QED) is 0.367. The number of fused-ring (bicyclic) bond motifs is 1. The van der Waals surface area contributed by atoms with Gasteiger partial charge in [0, 0.05) is 42.5 Å². The van der Waals surface area contributed by atoms with E-state index in [0.29, 0.717) is 26.2 Å². The molecular weight excluding hydrogens is 502 g/mol. The first-order chi connectivity index (χ1) is 18.2. The van der Waals surface area contributed by atoms with Crippen LogP contribution >= 0.6 is 11.3 Å². The van der Waals surface area contributed by atoms with Gasteiger partial charge >= 0.3 is 0 Å². The molecule has 8 nitrogen and oxygen atoms in total. The normalized spacial score (nSPS) is 12.6. The van der Waals surface area contributed by atoms with Gasteiger partial charge in [0.1, 0.15) is 17.2 Å². The molecule has 0 unspecified atom stereocenters. The second-order valence-corrected chi connectivity index (χ2v) is 11.1. The summed E-state index contributed by atoms with van der Waals surface area (Å²) in [6, 6.07) is 12.1. The van der Waals surface area contributed by atoms with E-state index in [2.05, 4.69) is 18.9 Å². The highest BCUT2D eigenvalue weighted by Crippen LogP contribution is 2.33. The fraction of sp³-hybridized carbons (Fsp3) is 0.379. The van der Waals surface area contributed by atoms with Crippen LogP contribution in [-0.2, 0) is 19.6 Å². The molecule has 9 heteroatoms. The van der Waals surface area contributed by atoms with E-state index in [4.69, 9.17) is 4.74 Å². The lowest BCUT2D eigenvalue weighted by atomic mass is 10.1. The van der Waals surface area contributed by atoms with Crippen molar-refractivity contribution in [2.24, 2.45) is 0 Å². The lowest BCUT2D eigenvalue weighted by molar-refractivity contribution is 0.0748. The molecule has 0 bridgehead atoms. The third kappa shape index (κ3) is 6.28. The lowest BCUT2D eigenvalue weighted by Gasteiger charge is -2.20. The van der Waals surface area contributed by atoms with E-state index in [0.717, 1.165) is 52.2 Å². The van der Waals surface area contributed by atoms with E-state index in [9.17, 15) is 19.8 Å². The second-order valence-electron chi connectivity index (χ2n) is 9.75. The van der Waals surface area contributed by atoms with Gasteiger partial charge in [-0.2, -0.15) is 0 Å². The Bertz CT molecular complexity index is 1320. The first kappa shape index (κ1) is 27.5. The number of benzene rings is 2. The van der Waals surface area contributed by atoms with Gasteiger partial charge in [-0.15, -0.1) is 11.3 Å². The molecule has 202 valence electrons. The van der Waals surface area contributed by atoms with Crippen LogP contribution in [0.2, 0.25) is 0 Å². The smallest absolute Gasteiger partial charge is 0.258 e. The van der Waals surface area contributed by atoms with Gasteiger partial charge in [-0.25, -0.2) is 0 Å². The van der Waals surface area contributed by atoms with E-state index in [-0.39, 0.29) is 22.6 Å². The second kappa shape index (κ2) is 11.9. The van der Waals surface area contributed by atoms with Crippen LogP contribution in [0.15, 0.2) is 42.5 Å². The first-order valence-electron chi connectivity index (χ1n) is 12.8. The van der Waals surface area contributed by atoms with Crippen molar-refractivity contribution in [3.05, 3.63) is 74.5 Å². The minimum atomic E-state index is -0.431. The van der Waals surface area contributed by atoms with Crippen LogP contribution in [-0.4, -0.2) is 70.5 Å². The van der Waals surface area contributed by atoms with Crippen LogP contribution in [0, 0.1) is 6.92 Å². The van der Waals surface area contributed by atoms with Crippen LogP contribution < -0.4 is 4.74 Å². The van der Waals surface area contributed by atoms with E-state index in [1.165, 1.54) is 11.0 Å². The Hall–Kier alpha value is -3.56. The maximum atomic E-state index is 13.4. The molecule has 3 aromatic rings. The van der Waals surface area contributed by atoms with Crippen LogP contribution in [0.5, 0.6) is 17.2 Å². The standard InChI is InChI=1S/C29H35N3O5S/c1-5-30(3)11-6-12-37-22-9-8-20-16-32(17-21(20)13-22)29(36)25-14-24(26(33)15-27(25)34)28(35)31(4)18-23-10-7-19(2)38-23/h7-10,13-15,33-34H,5-6,11-12,16-18H2,1-4H3. The van der Waals surface area contributed by atoms with E-state index < -0.39 is 11.8 Å². The maximum absolute atomic E-state index is 13.4. The number of phenolic OH excluding ortho intramolecular Hbond substituents is 2. The monoisotopic (exact) mass is 537 g/mol. The summed E-state index contributed by atoms with van der Waals surface area (Å²) in [5.74, 6) is -0.803. The van der Waals surface area contributed by atoms with Crippen LogP contribution in [0.3, 0.4) is 0 Å². The van der Waals surface area contributed by atoms with Crippen molar-refractivity contribution >= 4 is 23.2 Å². The highest BCUT2D eigenvalue weighted by Gasteiger charge is 2.29. The Morgan fingerprint density at radius 3 is 2.45 bits per heavy atom.